The molecule has 1 aliphatic carbocycles. The van der Waals surface area contributed by atoms with Gasteiger partial charge in [0.05, 0.1) is 0 Å². The Morgan fingerprint density at radius 2 is 2.00 bits per heavy atom. The Balaban J connectivity index is 2.33. The van der Waals surface area contributed by atoms with Gasteiger partial charge in [0.25, 0.3) is 0 Å². The third kappa shape index (κ3) is 4.13. The summed E-state index contributed by atoms with van der Waals surface area (Å²) < 4.78 is 0. The summed E-state index contributed by atoms with van der Waals surface area (Å²) in [5.74, 6) is 1.36. The van der Waals surface area contributed by atoms with Crippen LogP contribution in [0.2, 0.25) is 0 Å². The second-order valence-corrected chi connectivity index (χ2v) is 5.37. The van der Waals surface area contributed by atoms with Crippen LogP contribution in [0.4, 0.5) is 0 Å². The number of alkyl halides is 1. The lowest BCUT2D eigenvalue weighted by Gasteiger charge is -2.26. The van der Waals surface area contributed by atoms with E-state index in [0.717, 1.165) is 30.5 Å². The molecule has 0 aromatic rings. The van der Waals surface area contributed by atoms with Gasteiger partial charge in [-0.2, -0.15) is 0 Å². The number of carbonyl (C=O) groups is 1. The Morgan fingerprint density at radius 1 is 1.40 bits per heavy atom. The topological polar surface area (TPSA) is 29.1 Å². The summed E-state index contributed by atoms with van der Waals surface area (Å²) in [7, 11) is 0. The van der Waals surface area contributed by atoms with E-state index in [4.69, 9.17) is 0 Å². The van der Waals surface area contributed by atoms with E-state index in [1.165, 1.54) is 12.8 Å². The molecular weight excluding hydrogens is 254 g/mol. The third-order valence-corrected chi connectivity index (χ3v) is 4.19. The molecule has 2 nitrogen and oxygen atoms in total. The molecule has 0 aromatic carbocycles. The lowest BCUT2D eigenvalue weighted by Crippen LogP contribution is -2.40. The van der Waals surface area contributed by atoms with Gasteiger partial charge in [-0.3, -0.25) is 4.79 Å². The molecule has 1 unspecified atom stereocenters. The second-order valence-electron chi connectivity index (χ2n) is 4.72. The highest BCUT2D eigenvalue weighted by atomic mass is 79.9. The zero-order chi connectivity index (χ0) is 11.3. The first-order chi connectivity index (χ1) is 7.17. The summed E-state index contributed by atoms with van der Waals surface area (Å²) in [4.78, 5) is 11.9. The number of rotatable bonds is 4. The molecular formula is C12H22BrNO. The Morgan fingerprint density at radius 3 is 2.47 bits per heavy atom. The average molecular weight is 276 g/mol. The standard InChI is InChI=1S/C12H22BrNO/c1-3-11(8-13)14-12(15)10-6-4-9(2)5-7-10/h9-11H,3-8H2,1-2H3,(H,14,15). The quantitative estimate of drug-likeness (QED) is 0.785. The van der Waals surface area contributed by atoms with Crippen LogP contribution in [0.15, 0.2) is 0 Å². The Labute approximate surface area is 101 Å². The molecule has 15 heavy (non-hydrogen) atoms. The number of amides is 1. The molecule has 1 aliphatic rings. The van der Waals surface area contributed by atoms with Gasteiger partial charge in [-0.1, -0.05) is 29.8 Å². The summed E-state index contributed by atoms with van der Waals surface area (Å²) >= 11 is 3.42. The molecule has 0 radical (unpaired) electrons. The first kappa shape index (κ1) is 13.0. The third-order valence-electron chi connectivity index (χ3n) is 3.41. The predicted molar refractivity (Wildman–Crippen MR) is 67.1 cm³/mol. The van der Waals surface area contributed by atoms with Crippen LogP contribution in [0.3, 0.4) is 0 Å². The SMILES string of the molecule is CCC(CBr)NC(=O)C1CCC(C)CC1. The highest BCUT2D eigenvalue weighted by Crippen LogP contribution is 2.28. The zero-order valence-electron chi connectivity index (χ0n) is 9.76. The van der Waals surface area contributed by atoms with E-state index in [2.05, 4.69) is 35.1 Å². The van der Waals surface area contributed by atoms with Crippen LogP contribution >= 0.6 is 15.9 Å². The smallest absolute Gasteiger partial charge is 0.223 e. The van der Waals surface area contributed by atoms with E-state index in [-0.39, 0.29) is 11.8 Å². The van der Waals surface area contributed by atoms with Gasteiger partial charge in [0.2, 0.25) is 5.91 Å². The van der Waals surface area contributed by atoms with Crippen molar-refractivity contribution in [1.29, 1.82) is 0 Å². The van der Waals surface area contributed by atoms with Crippen molar-refractivity contribution in [3.63, 3.8) is 0 Å². The monoisotopic (exact) mass is 275 g/mol. The van der Waals surface area contributed by atoms with E-state index >= 15 is 0 Å². The number of halogens is 1. The maximum absolute atomic E-state index is 11.9. The van der Waals surface area contributed by atoms with E-state index in [0.29, 0.717) is 6.04 Å². The van der Waals surface area contributed by atoms with Crippen molar-refractivity contribution in [3.05, 3.63) is 0 Å². The van der Waals surface area contributed by atoms with Gasteiger partial charge in [0.15, 0.2) is 0 Å². The van der Waals surface area contributed by atoms with Crippen LogP contribution in [-0.4, -0.2) is 17.3 Å². The fourth-order valence-corrected chi connectivity index (χ4v) is 2.71. The lowest BCUT2D eigenvalue weighted by molar-refractivity contribution is -0.126. The average Bonchev–Trinajstić information content (AvgIpc) is 2.26. The molecule has 0 heterocycles. The van der Waals surface area contributed by atoms with Crippen molar-refractivity contribution in [2.45, 2.75) is 52.0 Å². The number of carbonyl (C=O) groups excluding carboxylic acids is 1. The summed E-state index contributed by atoms with van der Waals surface area (Å²) in [6, 6.07) is 0.303. The first-order valence-electron chi connectivity index (χ1n) is 6.03. The first-order valence-corrected chi connectivity index (χ1v) is 7.15. The van der Waals surface area contributed by atoms with Gasteiger partial charge in [-0.05, 0) is 38.0 Å². The van der Waals surface area contributed by atoms with Crippen LogP contribution in [-0.2, 0) is 4.79 Å². The summed E-state index contributed by atoms with van der Waals surface area (Å²) in [5.41, 5.74) is 0. The Bertz CT molecular complexity index is 196. The molecule has 3 heteroatoms. The zero-order valence-corrected chi connectivity index (χ0v) is 11.3. The van der Waals surface area contributed by atoms with E-state index in [1.54, 1.807) is 0 Å². The van der Waals surface area contributed by atoms with Gasteiger partial charge in [0.1, 0.15) is 0 Å². The van der Waals surface area contributed by atoms with Crippen molar-refractivity contribution in [3.8, 4) is 0 Å². The van der Waals surface area contributed by atoms with E-state index in [9.17, 15) is 4.79 Å². The maximum Gasteiger partial charge on any atom is 0.223 e. The molecule has 1 N–H and O–H groups in total. The maximum atomic E-state index is 11.9. The summed E-state index contributed by atoms with van der Waals surface area (Å²) in [6.45, 7) is 4.39. The van der Waals surface area contributed by atoms with Crippen LogP contribution < -0.4 is 5.32 Å². The minimum Gasteiger partial charge on any atom is -0.352 e. The van der Waals surface area contributed by atoms with Crippen molar-refractivity contribution >= 4 is 21.8 Å². The fraction of sp³-hybridized carbons (Fsp3) is 0.917. The summed E-state index contributed by atoms with van der Waals surface area (Å²) in [5, 5.41) is 3.97. The number of hydrogen-bond acceptors (Lipinski definition) is 1. The molecule has 1 amide bonds. The largest absolute Gasteiger partial charge is 0.352 e. The molecule has 1 rings (SSSR count). The Kier molecular flexibility index (Phi) is 5.65. The molecule has 0 aliphatic heterocycles. The van der Waals surface area contributed by atoms with Gasteiger partial charge in [-0.25, -0.2) is 0 Å². The molecule has 0 aromatic heterocycles. The normalized spacial score (nSPS) is 28.5. The molecule has 0 saturated heterocycles. The van der Waals surface area contributed by atoms with Crippen LogP contribution in [0.1, 0.15) is 46.0 Å². The second kappa shape index (κ2) is 6.51. The molecule has 1 saturated carbocycles. The van der Waals surface area contributed by atoms with Crippen LogP contribution in [0, 0.1) is 11.8 Å². The number of nitrogens with one attached hydrogen (secondary N) is 1. The highest BCUT2D eigenvalue weighted by molar-refractivity contribution is 9.09. The summed E-state index contributed by atoms with van der Waals surface area (Å²) in [6.07, 6.45) is 5.57. The minimum atomic E-state index is 0.271. The Hall–Kier alpha value is -0.0500. The fourth-order valence-electron chi connectivity index (χ4n) is 2.09. The van der Waals surface area contributed by atoms with Gasteiger partial charge in [0, 0.05) is 17.3 Å². The molecule has 0 spiro atoms. The molecule has 1 fully saturated rings. The van der Waals surface area contributed by atoms with Crippen molar-refractivity contribution < 1.29 is 4.79 Å². The molecule has 0 bridgehead atoms. The van der Waals surface area contributed by atoms with Crippen molar-refractivity contribution in [2.24, 2.45) is 11.8 Å². The van der Waals surface area contributed by atoms with Crippen molar-refractivity contribution in [1.82, 2.24) is 5.32 Å². The van der Waals surface area contributed by atoms with Crippen LogP contribution in [0.25, 0.3) is 0 Å². The lowest BCUT2D eigenvalue weighted by atomic mass is 9.82. The molecule has 1 atom stereocenters. The predicted octanol–water partition coefficient (Wildman–Crippen LogP) is 3.10. The molecule has 88 valence electrons. The van der Waals surface area contributed by atoms with E-state index in [1.807, 2.05) is 0 Å². The minimum absolute atomic E-state index is 0.271. The van der Waals surface area contributed by atoms with Gasteiger partial charge < -0.3 is 5.32 Å². The highest BCUT2D eigenvalue weighted by Gasteiger charge is 2.25. The van der Waals surface area contributed by atoms with Gasteiger partial charge >= 0.3 is 0 Å². The van der Waals surface area contributed by atoms with Crippen LogP contribution in [0.5, 0.6) is 0 Å². The van der Waals surface area contributed by atoms with Crippen molar-refractivity contribution in [2.75, 3.05) is 5.33 Å². The number of hydrogen-bond donors (Lipinski definition) is 1. The van der Waals surface area contributed by atoms with Gasteiger partial charge in [-0.15, -0.1) is 0 Å². The van der Waals surface area contributed by atoms with E-state index < -0.39 is 0 Å².